The van der Waals surface area contributed by atoms with Crippen molar-refractivity contribution in [3.05, 3.63) is 59.4 Å². The molecule has 2 aromatic carbocycles. The van der Waals surface area contributed by atoms with Crippen molar-refractivity contribution in [3.63, 3.8) is 0 Å². The van der Waals surface area contributed by atoms with Gasteiger partial charge in [0.25, 0.3) is 15.9 Å². The molecular formula is C16H14FN3O4S. The van der Waals surface area contributed by atoms with Crippen molar-refractivity contribution in [2.45, 2.75) is 17.7 Å². The van der Waals surface area contributed by atoms with Crippen LogP contribution in [0.3, 0.4) is 0 Å². The molecule has 0 saturated heterocycles. The summed E-state index contributed by atoms with van der Waals surface area (Å²) < 4.78 is 37.4. The summed E-state index contributed by atoms with van der Waals surface area (Å²) in [5.41, 5.74) is 3.46. The fourth-order valence-corrected chi connectivity index (χ4v) is 3.26. The Kier molecular flexibility index (Phi) is 4.51. The highest BCUT2D eigenvalue weighted by Gasteiger charge is 2.20. The predicted molar refractivity (Wildman–Crippen MR) is 87.6 cm³/mol. The molecule has 3 rings (SSSR count). The average Bonchev–Trinajstić information content (AvgIpc) is 2.60. The van der Waals surface area contributed by atoms with E-state index in [1.54, 1.807) is 0 Å². The Morgan fingerprint density at radius 2 is 1.80 bits per heavy atom. The summed E-state index contributed by atoms with van der Waals surface area (Å²) in [7, 11) is -3.99. The van der Waals surface area contributed by atoms with Gasteiger partial charge in [-0.2, -0.15) is 0 Å². The topological polar surface area (TPSA) is 104 Å². The van der Waals surface area contributed by atoms with Crippen molar-refractivity contribution < 1.29 is 22.4 Å². The minimum Gasteiger partial charge on any atom is -0.326 e. The Morgan fingerprint density at radius 3 is 2.52 bits per heavy atom. The number of aryl methyl sites for hydroxylation is 1. The Bertz CT molecular complexity index is 942. The van der Waals surface area contributed by atoms with Gasteiger partial charge in [0, 0.05) is 17.7 Å². The van der Waals surface area contributed by atoms with E-state index in [0.717, 1.165) is 12.1 Å². The van der Waals surface area contributed by atoms with Gasteiger partial charge in [0.2, 0.25) is 5.91 Å². The molecule has 1 heterocycles. The SMILES string of the molecule is O=C1CCc2cc(S(=O)(=O)NNC(=O)c3ccc(F)cc3)ccc2N1. The van der Waals surface area contributed by atoms with Gasteiger partial charge in [0.05, 0.1) is 4.90 Å². The summed E-state index contributed by atoms with van der Waals surface area (Å²) in [6.45, 7) is 0. The van der Waals surface area contributed by atoms with E-state index >= 15 is 0 Å². The molecule has 0 atom stereocenters. The van der Waals surface area contributed by atoms with Crippen LogP contribution in [-0.4, -0.2) is 20.2 Å². The standard InChI is InChI=1S/C16H14FN3O4S/c17-12-4-1-10(2-5-12)16(22)19-20-25(23,24)13-6-7-14-11(9-13)3-8-15(21)18-14/h1-2,4-7,9,20H,3,8H2,(H,18,21)(H,19,22). The third kappa shape index (κ3) is 3.83. The first kappa shape index (κ1) is 17.1. The van der Waals surface area contributed by atoms with Crippen molar-refractivity contribution in [2.24, 2.45) is 0 Å². The van der Waals surface area contributed by atoms with Crippen LogP contribution in [0.2, 0.25) is 0 Å². The number of amides is 2. The molecule has 0 unspecified atom stereocenters. The maximum Gasteiger partial charge on any atom is 0.266 e. The maximum absolute atomic E-state index is 12.8. The van der Waals surface area contributed by atoms with Crippen molar-refractivity contribution in [1.29, 1.82) is 0 Å². The number of sulfonamides is 1. The number of fused-ring (bicyclic) bond motifs is 1. The van der Waals surface area contributed by atoms with Gasteiger partial charge in [-0.1, -0.05) is 0 Å². The molecule has 0 aromatic heterocycles. The first-order chi connectivity index (χ1) is 11.8. The summed E-state index contributed by atoms with van der Waals surface area (Å²) in [6, 6.07) is 8.95. The number of carbonyl (C=O) groups excluding carboxylic acids is 2. The van der Waals surface area contributed by atoms with Crippen molar-refractivity contribution in [1.82, 2.24) is 10.3 Å². The second-order valence-corrected chi connectivity index (χ2v) is 7.12. The molecule has 7 nitrogen and oxygen atoms in total. The third-order valence-electron chi connectivity index (χ3n) is 3.69. The predicted octanol–water partition coefficient (Wildman–Crippen LogP) is 1.33. The van der Waals surface area contributed by atoms with Gasteiger partial charge >= 0.3 is 0 Å². The lowest BCUT2D eigenvalue weighted by atomic mass is 10.0. The second-order valence-electron chi connectivity index (χ2n) is 5.43. The summed E-state index contributed by atoms with van der Waals surface area (Å²) >= 11 is 0. The molecule has 9 heteroatoms. The number of nitrogens with one attached hydrogen (secondary N) is 3. The summed E-state index contributed by atoms with van der Waals surface area (Å²) in [4.78, 5) is 25.2. The molecular weight excluding hydrogens is 349 g/mol. The summed E-state index contributed by atoms with van der Waals surface area (Å²) in [5, 5.41) is 2.66. The van der Waals surface area contributed by atoms with Gasteiger partial charge < -0.3 is 5.32 Å². The number of carbonyl (C=O) groups is 2. The molecule has 0 bridgehead atoms. The van der Waals surface area contributed by atoms with Crippen molar-refractivity contribution in [3.8, 4) is 0 Å². The van der Waals surface area contributed by atoms with Crippen LogP contribution in [0.15, 0.2) is 47.4 Å². The quantitative estimate of drug-likeness (QED) is 0.713. The highest BCUT2D eigenvalue weighted by molar-refractivity contribution is 7.89. The lowest BCUT2D eigenvalue weighted by molar-refractivity contribution is -0.116. The number of halogens is 1. The van der Waals surface area contributed by atoms with Crippen molar-refractivity contribution in [2.75, 3.05) is 5.32 Å². The fraction of sp³-hybridized carbons (Fsp3) is 0.125. The Labute approximate surface area is 143 Å². The van der Waals surface area contributed by atoms with Crippen LogP contribution in [0.1, 0.15) is 22.3 Å². The zero-order valence-electron chi connectivity index (χ0n) is 12.9. The van der Waals surface area contributed by atoms with Crippen LogP contribution in [0.5, 0.6) is 0 Å². The third-order valence-corrected chi connectivity index (χ3v) is 4.93. The first-order valence-electron chi connectivity index (χ1n) is 7.36. The Balaban J connectivity index is 1.72. The Hall–Kier alpha value is -2.78. The smallest absolute Gasteiger partial charge is 0.266 e. The number of hydrazine groups is 1. The highest BCUT2D eigenvalue weighted by Crippen LogP contribution is 2.25. The van der Waals surface area contributed by atoms with Gasteiger partial charge in [0.15, 0.2) is 0 Å². The molecule has 0 aliphatic carbocycles. The molecule has 0 saturated carbocycles. The van der Waals surface area contributed by atoms with E-state index in [0.29, 0.717) is 17.7 Å². The molecule has 1 aliphatic heterocycles. The van der Waals surface area contributed by atoms with E-state index in [-0.39, 0.29) is 22.8 Å². The van der Waals surface area contributed by atoms with Gasteiger partial charge in [-0.3, -0.25) is 15.0 Å². The van der Waals surface area contributed by atoms with Gasteiger partial charge in [0.1, 0.15) is 5.82 Å². The van der Waals surface area contributed by atoms with E-state index in [9.17, 15) is 22.4 Å². The molecule has 130 valence electrons. The molecule has 3 N–H and O–H groups in total. The first-order valence-corrected chi connectivity index (χ1v) is 8.84. The lowest BCUT2D eigenvalue weighted by Gasteiger charge is -2.17. The summed E-state index contributed by atoms with van der Waals surface area (Å²) in [5.74, 6) is -1.33. The molecule has 0 radical (unpaired) electrons. The van der Waals surface area contributed by atoms with Crippen LogP contribution in [0, 0.1) is 5.82 Å². The highest BCUT2D eigenvalue weighted by atomic mass is 32.2. The van der Waals surface area contributed by atoms with E-state index in [1.165, 1.54) is 30.3 Å². The molecule has 0 fully saturated rings. The van der Waals surface area contributed by atoms with Crippen LogP contribution >= 0.6 is 0 Å². The molecule has 2 aromatic rings. The average molecular weight is 363 g/mol. The van der Waals surface area contributed by atoms with Crippen LogP contribution in [-0.2, 0) is 21.2 Å². The van der Waals surface area contributed by atoms with Crippen LogP contribution in [0.4, 0.5) is 10.1 Å². The molecule has 25 heavy (non-hydrogen) atoms. The van der Waals surface area contributed by atoms with Crippen LogP contribution in [0.25, 0.3) is 0 Å². The normalized spacial score (nSPS) is 13.7. The number of rotatable bonds is 4. The number of hydrogen-bond acceptors (Lipinski definition) is 4. The maximum atomic E-state index is 12.8. The zero-order valence-corrected chi connectivity index (χ0v) is 13.7. The molecule has 0 spiro atoms. The minimum absolute atomic E-state index is 0.0400. The lowest BCUT2D eigenvalue weighted by Crippen LogP contribution is -2.41. The second kappa shape index (κ2) is 6.61. The van der Waals surface area contributed by atoms with Gasteiger partial charge in [-0.05, 0) is 54.4 Å². The minimum atomic E-state index is -3.99. The van der Waals surface area contributed by atoms with Gasteiger partial charge in [-0.25, -0.2) is 12.8 Å². The fourth-order valence-electron chi connectivity index (χ4n) is 2.37. The molecule has 1 aliphatic rings. The van der Waals surface area contributed by atoms with E-state index in [4.69, 9.17) is 0 Å². The molecule has 2 amide bonds. The van der Waals surface area contributed by atoms with E-state index in [1.807, 2.05) is 4.83 Å². The van der Waals surface area contributed by atoms with Crippen molar-refractivity contribution >= 4 is 27.5 Å². The van der Waals surface area contributed by atoms with Gasteiger partial charge in [-0.15, -0.1) is 4.83 Å². The monoisotopic (exact) mass is 363 g/mol. The van der Waals surface area contributed by atoms with E-state index in [2.05, 4.69) is 10.7 Å². The number of anilines is 1. The largest absolute Gasteiger partial charge is 0.326 e. The summed E-state index contributed by atoms with van der Waals surface area (Å²) in [6.07, 6.45) is 0.720. The Morgan fingerprint density at radius 1 is 1.08 bits per heavy atom. The van der Waals surface area contributed by atoms with E-state index < -0.39 is 21.7 Å². The number of hydrogen-bond donors (Lipinski definition) is 3. The zero-order chi connectivity index (χ0) is 18.0. The number of benzene rings is 2. The van der Waals surface area contributed by atoms with Crippen LogP contribution < -0.4 is 15.6 Å².